The van der Waals surface area contributed by atoms with E-state index in [-0.39, 0.29) is 0 Å². The monoisotopic (exact) mass is 147 g/mol. The highest BCUT2D eigenvalue weighted by atomic mass is 15.4. The Labute approximate surface area is 65.6 Å². The van der Waals surface area contributed by atoms with Crippen molar-refractivity contribution in [2.24, 2.45) is 5.84 Å². The Kier molecular flexibility index (Phi) is 2.09. The van der Waals surface area contributed by atoms with Gasteiger partial charge in [0.05, 0.1) is 17.3 Å². The van der Waals surface area contributed by atoms with Gasteiger partial charge in [-0.1, -0.05) is 6.07 Å². The molecule has 1 aromatic carbocycles. The molecule has 0 heterocycles. The molecule has 0 unspecified atom stereocenters. The highest BCUT2D eigenvalue weighted by Gasteiger charge is 1.95. The number of benzene rings is 1. The van der Waals surface area contributed by atoms with Crippen molar-refractivity contribution >= 4 is 5.69 Å². The van der Waals surface area contributed by atoms with Crippen molar-refractivity contribution < 1.29 is 0 Å². The van der Waals surface area contributed by atoms with Crippen molar-refractivity contribution in [1.82, 2.24) is 0 Å². The number of hydrogen-bond acceptors (Lipinski definition) is 3. The number of hydrazine groups is 1. The van der Waals surface area contributed by atoms with E-state index in [9.17, 15) is 0 Å². The molecular weight excluding hydrogens is 138 g/mol. The van der Waals surface area contributed by atoms with Crippen molar-refractivity contribution in [2.45, 2.75) is 0 Å². The third-order valence-electron chi connectivity index (χ3n) is 1.38. The summed E-state index contributed by atoms with van der Waals surface area (Å²) in [7, 11) is 1.73. The van der Waals surface area contributed by atoms with E-state index in [2.05, 4.69) is 0 Å². The van der Waals surface area contributed by atoms with Gasteiger partial charge < -0.3 is 5.01 Å². The predicted molar refractivity (Wildman–Crippen MR) is 43.7 cm³/mol. The normalized spacial score (nSPS) is 8.82. The summed E-state index contributed by atoms with van der Waals surface area (Å²) in [5.41, 5.74) is 1.46. The largest absolute Gasteiger partial charge is 0.314 e. The van der Waals surface area contributed by atoms with Gasteiger partial charge in [0.1, 0.15) is 0 Å². The molecule has 0 saturated carbocycles. The van der Waals surface area contributed by atoms with Crippen LogP contribution >= 0.6 is 0 Å². The van der Waals surface area contributed by atoms with Crippen LogP contribution in [0.3, 0.4) is 0 Å². The summed E-state index contributed by atoms with van der Waals surface area (Å²) in [5.74, 6) is 5.46. The fourth-order valence-electron chi connectivity index (χ4n) is 0.795. The summed E-state index contributed by atoms with van der Waals surface area (Å²) >= 11 is 0. The minimum atomic E-state index is 0.625. The van der Waals surface area contributed by atoms with Gasteiger partial charge in [0, 0.05) is 7.05 Å². The molecule has 2 N–H and O–H groups in total. The van der Waals surface area contributed by atoms with Crippen LogP contribution in [0.1, 0.15) is 5.56 Å². The van der Waals surface area contributed by atoms with Crippen molar-refractivity contribution in [3.63, 3.8) is 0 Å². The summed E-state index contributed by atoms with van der Waals surface area (Å²) in [6.07, 6.45) is 0. The van der Waals surface area contributed by atoms with Crippen LogP contribution in [0.25, 0.3) is 0 Å². The molecule has 3 heteroatoms. The maximum Gasteiger partial charge on any atom is 0.0992 e. The maximum absolute atomic E-state index is 8.53. The van der Waals surface area contributed by atoms with Crippen LogP contribution in [0, 0.1) is 11.3 Å². The molecular formula is C8H9N3. The molecule has 0 bridgehead atoms. The Balaban J connectivity index is 3.03. The molecule has 0 atom stereocenters. The maximum atomic E-state index is 8.53. The zero-order valence-electron chi connectivity index (χ0n) is 6.28. The zero-order valence-corrected chi connectivity index (χ0v) is 6.28. The van der Waals surface area contributed by atoms with Gasteiger partial charge in [-0.3, -0.25) is 0 Å². The first kappa shape index (κ1) is 7.58. The molecule has 11 heavy (non-hydrogen) atoms. The number of nitriles is 1. The first-order valence-corrected chi connectivity index (χ1v) is 3.22. The van der Waals surface area contributed by atoms with Crippen LogP contribution in [-0.4, -0.2) is 7.05 Å². The Morgan fingerprint density at radius 2 is 2.27 bits per heavy atom. The summed E-state index contributed by atoms with van der Waals surface area (Å²) in [6.45, 7) is 0. The van der Waals surface area contributed by atoms with E-state index in [1.54, 1.807) is 25.2 Å². The molecule has 0 spiro atoms. The Morgan fingerprint density at radius 3 is 2.82 bits per heavy atom. The van der Waals surface area contributed by atoms with E-state index in [4.69, 9.17) is 11.1 Å². The summed E-state index contributed by atoms with van der Waals surface area (Å²) in [5, 5.41) is 10.0. The standard InChI is InChI=1S/C8H9N3/c1-11(10)8-4-2-3-7(5-8)6-9/h2-5H,10H2,1H3. The molecule has 0 aliphatic heterocycles. The first-order chi connectivity index (χ1) is 5.24. The van der Waals surface area contributed by atoms with Gasteiger partial charge in [-0.2, -0.15) is 5.26 Å². The average Bonchev–Trinajstić information content (AvgIpc) is 2.05. The van der Waals surface area contributed by atoms with Crippen molar-refractivity contribution in [1.29, 1.82) is 5.26 Å². The number of hydrogen-bond donors (Lipinski definition) is 1. The fourth-order valence-corrected chi connectivity index (χ4v) is 0.795. The van der Waals surface area contributed by atoms with E-state index >= 15 is 0 Å². The SMILES string of the molecule is CN(N)c1cccc(C#N)c1. The molecule has 0 aliphatic carbocycles. The second kappa shape index (κ2) is 3.04. The van der Waals surface area contributed by atoms with Crippen LogP contribution in [0.2, 0.25) is 0 Å². The third-order valence-corrected chi connectivity index (χ3v) is 1.38. The summed E-state index contributed by atoms with van der Waals surface area (Å²) in [4.78, 5) is 0. The Hall–Kier alpha value is -1.53. The lowest BCUT2D eigenvalue weighted by Gasteiger charge is -2.10. The van der Waals surface area contributed by atoms with Gasteiger partial charge in [-0.25, -0.2) is 5.84 Å². The highest BCUT2D eigenvalue weighted by molar-refractivity contribution is 5.49. The van der Waals surface area contributed by atoms with Crippen LogP contribution in [-0.2, 0) is 0 Å². The Bertz CT molecular complexity index is 286. The van der Waals surface area contributed by atoms with Crippen molar-refractivity contribution in [2.75, 3.05) is 12.1 Å². The number of anilines is 1. The third kappa shape index (κ3) is 1.69. The van der Waals surface area contributed by atoms with E-state index in [0.717, 1.165) is 5.69 Å². The van der Waals surface area contributed by atoms with Crippen LogP contribution in [0.15, 0.2) is 24.3 Å². The van der Waals surface area contributed by atoms with Gasteiger partial charge in [0.15, 0.2) is 0 Å². The van der Waals surface area contributed by atoms with Gasteiger partial charge in [0.25, 0.3) is 0 Å². The number of rotatable bonds is 1. The van der Waals surface area contributed by atoms with E-state index in [1.807, 2.05) is 12.1 Å². The lowest BCUT2D eigenvalue weighted by Crippen LogP contribution is -2.24. The van der Waals surface area contributed by atoms with E-state index in [1.165, 1.54) is 5.01 Å². The van der Waals surface area contributed by atoms with Crippen molar-refractivity contribution in [3.05, 3.63) is 29.8 Å². The quantitative estimate of drug-likeness (QED) is 0.473. The van der Waals surface area contributed by atoms with Crippen LogP contribution < -0.4 is 10.9 Å². The molecule has 0 amide bonds. The molecule has 0 aromatic heterocycles. The average molecular weight is 147 g/mol. The predicted octanol–water partition coefficient (Wildman–Crippen LogP) is 0.868. The van der Waals surface area contributed by atoms with Gasteiger partial charge >= 0.3 is 0 Å². The summed E-state index contributed by atoms with van der Waals surface area (Å²) < 4.78 is 0. The molecule has 1 rings (SSSR count). The molecule has 0 saturated heterocycles. The van der Waals surface area contributed by atoms with Gasteiger partial charge in [-0.15, -0.1) is 0 Å². The first-order valence-electron chi connectivity index (χ1n) is 3.22. The Morgan fingerprint density at radius 1 is 1.55 bits per heavy atom. The zero-order chi connectivity index (χ0) is 8.27. The van der Waals surface area contributed by atoms with Crippen molar-refractivity contribution in [3.8, 4) is 6.07 Å². The molecule has 1 aromatic rings. The molecule has 3 nitrogen and oxygen atoms in total. The van der Waals surface area contributed by atoms with E-state index < -0.39 is 0 Å². The second-order valence-electron chi connectivity index (χ2n) is 2.27. The summed E-state index contributed by atoms with van der Waals surface area (Å²) in [6, 6.07) is 9.17. The van der Waals surface area contributed by atoms with Gasteiger partial charge in [0.2, 0.25) is 0 Å². The lowest BCUT2D eigenvalue weighted by atomic mass is 10.2. The highest BCUT2D eigenvalue weighted by Crippen LogP contribution is 2.10. The minimum absolute atomic E-state index is 0.625. The van der Waals surface area contributed by atoms with E-state index in [0.29, 0.717) is 5.56 Å². The number of nitrogens with zero attached hydrogens (tertiary/aromatic N) is 2. The lowest BCUT2D eigenvalue weighted by molar-refractivity contribution is 1.02. The second-order valence-corrected chi connectivity index (χ2v) is 2.27. The molecule has 0 aliphatic rings. The molecule has 56 valence electrons. The smallest absolute Gasteiger partial charge is 0.0992 e. The van der Waals surface area contributed by atoms with Gasteiger partial charge in [-0.05, 0) is 18.2 Å². The molecule has 0 radical (unpaired) electrons. The van der Waals surface area contributed by atoms with Crippen LogP contribution in [0.5, 0.6) is 0 Å². The fraction of sp³-hybridized carbons (Fsp3) is 0.125. The topological polar surface area (TPSA) is 53.0 Å². The van der Waals surface area contributed by atoms with Crippen LogP contribution in [0.4, 0.5) is 5.69 Å². The minimum Gasteiger partial charge on any atom is -0.314 e. The molecule has 0 fully saturated rings. The number of nitrogens with two attached hydrogens (primary N) is 1.